The van der Waals surface area contributed by atoms with E-state index < -0.39 is 0 Å². The summed E-state index contributed by atoms with van der Waals surface area (Å²) < 4.78 is 0. The van der Waals surface area contributed by atoms with E-state index in [1.54, 1.807) is 0 Å². The van der Waals surface area contributed by atoms with Gasteiger partial charge >= 0.3 is 0 Å². The summed E-state index contributed by atoms with van der Waals surface area (Å²) in [6, 6.07) is 58.8. The zero-order valence-corrected chi connectivity index (χ0v) is 37.6. The highest BCUT2D eigenvalue weighted by Crippen LogP contribution is 2.59. The molecule has 9 aromatic rings. The van der Waals surface area contributed by atoms with E-state index in [9.17, 15) is 0 Å². The Morgan fingerprint density at radius 3 is 1.54 bits per heavy atom. The molecule has 0 saturated carbocycles. The average molecular weight is 810 g/mol. The molecule has 0 atom stereocenters. The van der Waals surface area contributed by atoms with Crippen molar-refractivity contribution in [3.05, 3.63) is 207 Å². The first-order valence-electron chi connectivity index (χ1n) is 22.9. The molecule has 4 aliphatic carbocycles. The number of nitrogens with zero attached hydrogens (tertiary/aromatic N) is 1. The van der Waals surface area contributed by atoms with Crippen LogP contribution >= 0.6 is 0 Å². The topological polar surface area (TPSA) is 3.24 Å². The summed E-state index contributed by atoms with van der Waals surface area (Å²) in [6.45, 7) is 19.0. The maximum atomic E-state index is 2.56. The van der Waals surface area contributed by atoms with E-state index in [1.807, 2.05) is 0 Å². The molecule has 0 fully saturated rings. The average Bonchev–Trinajstić information content (AvgIpc) is 3.90. The lowest BCUT2D eigenvalue weighted by Gasteiger charge is -2.30. The van der Waals surface area contributed by atoms with Crippen LogP contribution in [0.15, 0.2) is 152 Å². The van der Waals surface area contributed by atoms with Gasteiger partial charge < -0.3 is 4.90 Å². The highest BCUT2D eigenvalue weighted by molar-refractivity contribution is 6.05. The highest BCUT2D eigenvalue weighted by atomic mass is 15.1. The van der Waals surface area contributed by atoms with Crippen LogP contribution in [-0.2, 0) is 22.7 Å². The van der Waals surface area contributed by atoms with E-state index in [-0.39, 0.29) is 16.2 Å². The van der Waals surface area contributed by atoms with Gasteiger partial charge in [0.1, 0.15) is 0 Å². The van der Waals surface area contributed by atoms with Crippen molar-refractivity contribution in [2.45, 2.75) is 78.1 Å². The Morgan fingerprint density at radius 2 is 0.889 bits per heavy atom. The molecule has 9 aromatic carbocycles. The van der Waals surface area contributed by atoms with Crippen LogP contribution < -0.4 is 4.90 Å². The van der Waals surface area contributed by atoms with Crippen molar-refractivity contribution in [1.29, 1.82) is 0 Å². The summed E-state index contributed by atoms with van der Waals surface area (Å²) in [5.41, 5.74) is 28.3. The molecule has 0 N–H and O–H groups in total. The summed E-state index contributed by atoms with van der Waals surface area (Å²) in [5.74, 6) is 0. The van der Waals surface area contributed by atoms with Crippen molar-refractivity contribution >= 4 is 38.6 Å². The van der Waals surface area contributed by atoms with Gasteiger partial charge in [0.2, 0.25) is 0 Å². The number of aryl methyl sites for hydroxylation is 2. The van der Waals surface area contributed by atoms with Crippen LogP contribution in [0.3, 0.4) is 0 Å². The smallest absolute Gasteiger partial charge is 0.0490 e. The molecule has 4 aliphatic rings. The zero-order chi connectivity index (χ0) is 42.9. The van der Waals surface area contributed by atoms with Gasteiger partial charge in [-0.1, -0.05) is 144 Å². The fourth-order valence-corrected chi connectivity index (χ4v) is 12.7. The minimum atomic E-state index is -0.182. The lowest BCUT2D eigenvalue weighted by Crippen LogP contribution is -2.18. The van der Waals surface area contributed by atoms with Crippen LogP contribution in [0, 0.1) is 13.8 Å². The molecule has 0 bridgehead atoms. The van der Waals surface area contributed by atoms with Crippen molar-refractivity contribution in [2.75, 3.05) is 4.90 Å². The predicted octanol–water partition coefficient (Wildman–Crippen LogP) is 16.6. The van der Waals surface area contributed by atoms with Gasteiger partial charge in [0.25, 0.3) is 0 Å². The van der Waals surface area contributed by atoms with E-state index in [0.29, 0.717) is 0 Å². The summed E-state index contributed by atoms with van der Waals surface area (Å²) in [5, 5.41) is 5.33. The monoisotopic (exact) mass is 809 g/mol. The Hall–Kier alpha value is -6.70. The van der Waals surface area contributed by atoms with Gasteiger partial charge in [0.15, 0.2) is 0 Å². The molecule has 0 aliphatic heterocycles. The van der Waals surface area contributed by atoms with Crippen LogP contribution in [0.1, 0.15) is 97.2 Å². The maximum Gasteiger partial charge on any atom is 0.0490 e. The quantitative estimate of drug-likeness (QED) is 0.172. The van der Waals surface area contributed by atoms with Crippen molar-refractivity contribution in [3.8, 4) is 44.5 Å². The predicted molar refractivity (Wildman–Crippen MR) is 267 cm³/mol. The Bertz CT molecular complexity index is 3540. The van der Waals surface area contributed by atoms with Crippen molar-refractivity contribution in [3.63, 3.8) is 0 Å². The second kappa shape index (κ2) is 12.3. The minimum absolute atomic E-state index is 0.0671. The molecule has 1 heteroatoms. The molecule has 1 nitrogen and oxygen atoms in total. The number of benzene rings is 9. The third-order valence-corrected chi connectivity index (χ3v) is 16.0. The summed E-state index contributed by atoms with van der Waals surface area (Å²) in [6.07, 6.45) is 0.930. The molecule has 0 spiro atoms. The van der Waals surface area contributed by atoms with E-state index in [4.69, 9.17) is 0 Å². The molecular weight excluding hydrogens is 759 g/mol. The second-order valence-corrected chi connectivity index (χ2v) is 20.7. The van der Waals surface area contributed by atoms with E-state index in [1.165, 1.54) is 139 Å². The van der Waals surface area contributed by atoms with Crippen LogP contribution in [0.5, 0.6) is 0 Å². The highest BCUT2D eigenvalue weighted by Gasteiger charge is 2.43. The largest absolute Gasteiger partial charge is 0.310 e. The van der Waals surface area contributed by atoms with Gasteiger partial charge in [0.05, 0.1) is 0 Å². The molecule has 0 heterocycles. The SMILES string of the molecule is Cc1ccc(N(c2ccc3c(c2)Cc2cc4c(cc2-3)C(C)(C)c2ccc3ccccc3c2-4)c2ccc3c(c2)C(C)(C)c2cc4c(cc2-3)C(C)(C)c2ccc3ccccc3c2-4)c(C)c1. The van der Waals surface area contributed by atoms with E-state index >= 15 is 0 Å². The normalized spacial score (nSPS) is 15.9. The number of anilines is 3. The first kappa shape index (κ1) is 36.9. The lowest BCUT2D eigenvalue weighted by molar-refractivity contribution is 0.652. The van der Waals surface area contributed by atoms with Crippen molar-refractivity contribution in [1.82, 2.24) is 0 Å². The van der Waals surface area contributed by atoms with Gasteiger partial charge in [0, 0.05) is 33.3 Å². The Kier molecular flexibility index (Phi) is 7.19. The van der Waals surface area contributed by atoms with Gasteiger partial charge in [-0.05, 0) is 191 Å². The van der Waals surface area contributed by atoms with Gasteiger partial charge in [-0.2, -0.15) is 0 Å². The summed E-state index contributed by atoms with van der Waals surface area (Å²) >= 11 is 0. The molecule has 0 amide bonds. The third-order valence-electron chi connectivity index (χ3n) is 16.0. The molecule has 13 rings (SSSR count). The van der Waals surface area contributed by atoms with Crippen LogP contribution in [0.2, 0.25) is 0 Å². The van der Waals surface area contributed by atoms with E-state index in [0.717, 1.165) is 6.42 Å². The molecular formula is C62H51N. The van der Waals surface area contributed by atoms with Crippen molar-refractivity contribution in [2.24, 2.45) is 0 Å². The zero-order valence-electron chi connectivity index (χ0n) is 37.6. The Labute approximate surface area is 371 Å². The van der Waals surface area contributed by atoms with Gasteiger partial charge in [-0.15, -0.1) is 0 Å². The number of hydrogen-bond donors (Lipinski definition) is 0. The fraction of sp³-hybridized carbons (Fsp3) is 0.194. The summed E-state index contributed by atoms with van der Waals surface area (Å²) in [4.78, 5) is 2.52. The van der Waals surface area contributed by atoms with Gasteiger partial charge in [-0.3, -0.25) is 0 Å². The van der Waals surface area contributed by atoms with Crippen LogP contribution in [0.4, 0.5) is 17.1 Å². The van der Waals surface area contributed by atoms with Crippen LogP contribution in [-0.4, -0.2) is 0 Å². The molecule has 304 valence electrons. The summed E-state index contributed by atoms with van der Waals surface area (Å²) in [7, 11) is 0. The molecule has 0 unspecified atom stereocenters. The molecule has 0 aromatic heterocycles. The lowest BCUT2D eigenvalue weighted by atomic mass is 9.79. The van der Waals surface area contributed by atoms with E-state index in [2.05, 4.69) is 212 Å². The number of rotatable bonds is 3. The standard InChI is InChI=1S/C62H51N/c1-35-17-26-57(36(2)27-35)63(41-20-22-43-39(29-41)28-40-30-49-55(32-47(40)43)60(3,4)51-24-18-37-13-9-11-15-44(37)58(49)51)42-21-23-46-48-33-56-50(34-54(48)62(7,8)53(46)31-42)59-45-16-12-10-14-38(45)19-25-52(59)61(56,5)6/h9-27,29-34H,28H2,1-8H3. The fourth-order valence-electron chi connectivity index (χ4n) is 12.7. The third kappa shape index (κ3) is 4.83. The van der Waals surface area contributed by atoms with Gasteiger partial charge in [-0.25, -0.2) is 0 Å². The Balaban J connectivity index is 0.930. The maximum absolute atomic E-state index is 2.56. The first-order valence-corrected chi connectivity index (χ1v) is 22.9. The molecule has 0 radical (unpaired) electrons. The first-order chi connectivity index (χ1) is 30.3. The minimum Gasteiger partial charge on any atom is -0.310 e. The van der Waals surface area contributed by atoms with Crippen molar-refractivity contribution < 1.29 is 0 Å². The second-order valence-electron chi connectivity index (χ2n) is 20.7. The Morgan fingerprint density at radius 1 is 0.381 bits per heavy atom. The number of hydrogen-bond acceptors (Lipinski definition) is 1. The van der Waals surface area contributed by atoms with Crippen LogP contribution in [0.25, 0.3) is 66.1 Å². The molecule has 0 saturated heterocycles. The molecule has 63 heavy (non-hydrogen) atoms. The number of fused-ring (bicyclic) bond motifs is 16.